The molecule has 1 heterocycles. The van der Waals surface area contributed by atoms with E-state index >= 15 is 0 Å². The third-order valence-corrected chi connectivity index (χ3v) is 12.1. The standard InChI is InChI=1S/C22H32OS2/c1-3-21-9-8-16-17(19(21)6-7-20(21)23)5-4-15-13-22(24-10-11-25-22)14(2)12-18(15)16/h13,16-20,23H,2-12H2,1H3/t16-,17+,18-,19-,20-,21-/m0/s1. The van der Waals surface area contributed by atoms with Gasteiger partial charge in [0.2, 0.25) is 0 Å². The van der Waals surface area contributed by atoms with Gasteiger partial charge in [-0.25, -0.2) is 0 Å². The van der Waals surface area contributed by atoms with E-state index in [2.05, 4.69) is 43.1 Å². The summed E-state index contributed by atoms with van der Waals surface area (Å²) in [6.07, 6.45) is 12.7. The SMILES string of the molecule is C=C1C[C@H]2C(=CC13SCCS3)CC[C@@H]1[C@@H]2CC[C@]2(CC)[C@@H](O)CC[C@@H]12. The number of aliphatic hydroxyl groups excluding tert-OH is 1. The smallest absolute Gasteiger partial charge is 0.100 e. The van der Waals surface area contributed by atoms with Crippen LogP contribution in [0.25, 0.3) is 0 Å². The molecule has 3 heteroatoms. The second-order valence-electron chi connectivity index (χ2n) is 9.19. The molecular weight excluding hydrogens is 344 g/mol. The molecule has 6 atom stereocenters. The summed E-state index contributed by atoms with van der Waals surface area (Å²) < 4.78 is 0.226. The lowest BCUT2D eigenvalue weighted by molar-refractivity contribution is -0.0663. The first-order valence-electron chi connectivity index (χ1n) is 10.5. The third-order valence-electron chi connectivity index (χ3n) is 8.63. The van der Waals surface area contributed by atoms with Crippen molar-refractivity contribution in [3.05, 3.63) is 23.8 Å². The summed E-state index contributed by atoms with van der Waals surface area (Å²) in [7, 11) is 0. The van der Waals surface area contributed by atoms with Crippen molar-refractivity contribution >= 4 is 23.5 Å². The monoisotopic (exact) mass is 376 g/mol. The summed E-state index contributed by atoms with van der Waals surface area (Å²) in [5.41, 5.74) is 3.53. The Kier molecular flexibility index (Phi) is 4.19. The normalized spacial score (nSPS) is 48.0. The predicted octanol–water partition coefficient (Wildman–Crippen LogP) is 5.65. The lowest BCUT2D eigenvalue weighted by Crippen LogP contribution is -2.49. The van der Waals surface area contributed by atoms with Gasteiger partial charge in [-0.3, -0.25) is 0 Å². The van der Waals surface area contributed by atoms with Gasteiger partial charge in [0, 0.05) is 11.5 Å². The van der Waals surface area contributed by atoms with Crippen molar-refractivity contribution in [1.82, 2.24) is 0 Å². The van der Waals surface area contributed by atoms with Crippen LogP contribution < -0.4 is 0 Å². The van der Waals surface area contributed by atoms with Crippen LogP contribution in [-0.2, 0) is 0 Å². The van der Waals surface area contributed by atoms with Gasteiger partial charge in [-0.15, -0.1) is 23.5 Å². The first-order valence-corrected chi connectivity index (χ1v) is 12.4. The molecule has 1 aliphatic heterocycles. The maximum absolute atomic E-state index is 10.7. The molecule has 5 rings (SSSR count). The van der Waals surface area contributed by atoms with Gasteiger partial charge >= 0.3 is 0 Å². The van der Waals surface area contributed by atoms with Gasteiger partial charge < -0.3 is 5.11 Å². The van der Waals surface area contributed by atoms with Crippen LogP contribution in [0.5, 0.6) is 0 Å². The minimum Gasteiger partial charge on any atom is -0.393 e. The highest BCUT2D eigenvalue weighted by Crippen LogP contribution is 2.65. The second-order valence-corrected chi connectivity index (χ2v) is 12.1. The third kappa shape index (κ3) is 2.34. The molecule has 4 fully saturated rings. The molecule has 3 saturated carbocycles. The van der Waals surface area contributed by atoms with E-state index in [9.17, 15) is 5.11 Å². The van der Waals surface area contributed by atoms with Crippen molar-refractivity contribution < 1.29 is 5.11 Å². The predicted molar refractivity (Wildman–Crippen MR) is 110 cm³/mol. The van der Waals surface area contributed by atoms with E-state index in [0.717, 1.165) is 30.1 Å². The van der Waals surface area contributed by atoms with Crippen LogP contribution in [0.2, 0.25) is 0 Å². The van der Waals surface area contributed by atoms with Gasteiger partial charge in [0.1, 0.15) is 4.08 Å². The summed E-state index contributed by atoms with van der Waals surface area (Å²) in [6, 6.07) is 0. The largest absolute Gasteiger partial charge is 0.393 e. The number of allylic oxidation sites excluding steroid dienone is 1. The second kappa shape index (κ2) is 6.07. The van der Waals surface area contributed by atoms with Crippen LogP contribution in [0.3, 0.4) is 0 Å². The Balaban J connectivity index is 1.45. The molecule has 0 bridgehead atoms. The molecule has 5 aliphatic rings. The van der Waals surface area contributed by atoms with Crippen molar-refractivity contribution in [2.45, 2.75) is 68.5 Å². The number of hydrogen-bond acceptors (Lipinski definition) is 3. The summed E-state index contributed by atoms with van der Waals surface area (Å²) >= 11 is 4.26. The van der Waals surface area contributed by atoms with E-state index in [1.807, 2.05) is 0 Å². The highest BCUT2D eigenvalue weighted by Gasteiger charge is 2.58. The van der Waals surface area contributed by atoms with Crippen LogP contribution in [0.15, 0.2) is 23.8 Å². The van der Waals surface area contributed by atoms with Gasteiger partial charge in [0.25, 0.3) is 0 Å². The van der Waals surface area contributed by atoms with E-state index in [-0.39, 0.29) is 15.6 Å². The van der Waals surface area contributed by atoms with Crippen molar-refractivity contribution in [3.8, 4) is 0 Å². The van der Waals surface area contributed by atoms with Crippen molar-refractivity contribution in [2.24, 2.45) is 29.1 Å². The fourth-order valence-electron chi connectivity index (χ4n) is 7.41. The molecule has 25 heavy (non-hydrogen) atoms. The van der Waals surface area contributed by atoms with E-state index in [1.165, 1.54) is 62.0 Å². The fourth-order valence-corrected chi connectivity index (χ4v) is 10.6. The first-order chi connectivity index (χ1) is 12.1. The Morgan fingerprint density at radius 3 is 2.72 bits per heavy atom. The van der Waals surface area contributed by atoms with Gasteiger partial charge in [-0.2, -0.15) is 0 Å². The lowest BCUT2D eigenvalue weighted by Gasteiger charge is -2.55. The number of thioether (sulfide) groups is 2. The van der Waals surface area contributed by atoms with Crippen LogP contribution in [0, 0.1) is 29.1 Å². The Bertz CT molecular complexity index is 605. The average Bonchev–Trinajstić information content (AvgIpc) is 3.22. The van der Waals surface area contributed by atoms with Gasteiger partial charge in [-0.1, -0.05) is 25.2 Å². The van der Waals surface area contributed by atoms with Crippen molar-refractivity contribution in [2.75, 3.05) is 11.5 Å². The van der Waals surface area contributed by atoms with E-state index in [1.54, 1.807) is 5.57 Å². The van der Waals surface area contributed by atoms with Crippen molar-refractivity contribution in [3.63, 3.8) is 0 Å². The van der Waals surface area contributed by atoms with Crippen molar-refractivity contribution in [1.29, 1.82) is 0 Å². The maximum atomic E-state index is 10.7. The molecule has 138 valence electrons. The fraction of sp³-hybridized carbons (Fsp3) is 0.818. The summed E-state index contributed by atoms with van der Waals surface area (Å²) in [4.78, 5) is 0. The number of fused-ring (bicyclic) bond motifs is 5. The molecule has 0 aromatic heterocycles. The van der Waals surface area contributed by atoms with Crippen LogP contribution in [0.4, 0.5) is 0 Å². The molecular formula is C22H32OS2. The highest BCUT2D eigenvalue weighted by molar-refractivity contribution is 8.21. The number of aliphatic hydroxyl groups is 1. The van der Waals surface area contributed by atoms with E-state index in [4.69, 9.17) is 0 Å². The molecule has 1 spiro atoms. The first kappa shape index (κ1) is 17.3. The summed E-state index contributed by atoms with van der Waals surface area (Å²) in [5.74, 6) is 5.84. The molecule has 1 saturated heterocycles. The number of rotatable bonds is 1. The van der Waals surface area contributed by atoms with Crippen LogP contribution in [-0.4, -0.2) is 26.8 Å². The average molecular weight is 377 g/mol. The topological polar surface area (TPSA) is 20.2 Å². The Labute approximate surface area is 161 Å². The van der Waals surface area contributed by atoms with Gasteiger partial charge in [0.15, 0.2) is 0 Å². The van der Waals surface area contributed by atoms with E-state index < -0.39 is 0 Å². The molecule has 0 aromatic rings. The zero-order valence-corrected chi connectivity index (χ0v) is 17.1. The van der Waals surface area contributed by atoms with Crippen LogP contribution >= 0.6 is 23.5 Å². The van der Waals surface area contributed by atoms with E-state index in [0.29, 0.717) is 0 Å². The highest BCUT2D eigenvalue weighted by atomic mass is 32.2. The summed E-state index contributed by atoms with van der Waals surface area (Å²) in [6.45, 7) is 6.89. The van der Waals surface area contributed by atoms with Gasteiger partial charge in [-0.05, 0) is 86.0 Å². The number of hydrogen-bond donors (Lipinski definition) is 1. The molecule has 0 aromatic carbocycles. The molecule has 4 aliphatic carbocycles. The molecule has 1 N–H and O–H groups in total. The zero-order chi connectivity index (χ0) is 17.2. The minimum atomic E-state index is -0.0312. The Hall–Kier alpha value is 0.140. The molecule has 0 amide bonds. The molecule has 1 nitrogen and oxygen atoms in total. The zero-order valence-electron chi connectivity index (χ0n) is 15.5. The Morgan fingerprint density at radius 2 is 1.96 bits per heavy atom. The Morgan fingerprint density at radius 1 is 1.16 bits per heavy atom. The quantitative estimate of drug-likeness (QED) is 0.597. The molecule has 0 radical (unpaired) electrons. The maximum Gasteiger partial charge on any atom is 0.100 e. The molecule has 0 unspecified atom stereocenters. The van der Waals surface area contributed by atoms with Crippen LogP contribution in [0.1, 0.15) is 58.3 Å². The summed E-state index contributed by atoms with van der Waals surface area (Å²) in [5, 5.41) is 10.7. The minimum absolute atomic E-state index is 0.0312. The lowest BCUT2D eigenvalue weighted by atomic mass is 9.51. The van der Waals surface area contributed by atoms with Gasteiger partial charge in [0.05, 0.1) is 6.10 Å².